The number of benzene rings is 1. The molecule has 0 unspecified atom stereocenters. The first-order valence-corrected chi connectivity index (χ1v) is 6.63. The van der Waals surface area contributed by atoms with Gasteiger partial charge in [-0.15, -0.1) is 0 Å². The van der Waals surface area contributed by atoms with Gasteiger partial charge < -0.3 is 10.2 Å². The number of amides is 2. The van der Waals surface area contributed by atoms with Gasteiger partial charge in [-0.2, -0.15) is 0 Å². The van der Waals surface area contributed by atoms with Crippen molar-refractivity contribution < 1.29 is 9.59 Å². The Morgan fingerprint density at radius 2 is 1.79 bits per heavy atom. The van der Waals surface area contributed by atoms with E-state index in [-0.39, 0.29) is 11.8 Å². The van der Waals surface area contributed by atoms with E-state index in [1.807, 2.05) is 32.9 Å². The second kappa shape index (κ2) is 5.43. The number of hydrogen-bond donors (Lipinski definition) is 1. The topological polar surface area (TPSA) is 49.4 Å². The van der Waals surface area contributed by atoms with Crippen molar-refractivity contribution in [2.45, 2.75) is 27.2 Å². The highest BCUT2D eigenvalue weighted by Crippen LogP contribution is 2.19. The molecule has 2 rings (SSSR count). The zero-order valence-electron chi connectivity index (χ0n) is 11.7. The van der Waals surface area contributed by atoms with Crippen LogP contribution in [0.2, 0.25) is 0 Å². The summed E-state index contributed by atoms with van der Waals surface area (Å²) in [5.74, 6) is 0.0548. The van der Waals surface area contributed by atoms with Gasteiger partial charge in [0.15, 0.2) is 0 Å². The lowest BCUT2D eigenvalue weighted by Gasteiger charge is -2.22. The highest BCUT2D eigenvalue weighted by atomic mass is 16.2. The van der Waals surface area contributed by atoms with Crippen LogP contribution in [0.4, 0.5) is 0 Å². The molecule has 0 aromatic heterocycles. The van der Waals surface area contributed by atoms with E-state index in [0.717, 1.165) is 16.7 Å². The minimum atomic E-state index is 0.0210. The van der Waals surface area contributed by atoms with Crippen LogP contribution in [0, 0.1) is 20.8 Å². The minimum absolute atomic E-state index is 0.0210. The normalized spacial score (nSPS) is 15.9. The van der Waals surface area contributed by atoms with Gasteiger partial charge in [0, 0.05) is 31.6 Å². The van der Waals surface area contributed by atoms with Crippen LogP contribution in [0.25, 0.3) is 0 Å². The molecule has 0 spiro atoms. The fourth-order valence-corrected chi connectivity index (χ4v) is 2.65. The SMILES string of the molecule is Cc1cc(C)c(C(=O)N2CCNC(=O)CC2)c(C)c1. The fourth-order valence-electron chi connectivity index (χ4n) is 2.65. The molecule has 1 heterocycles. The summed E-state index contributed by atoms with van der Waals surface area (Å²) in [6.07, 6.45) is 0.385. The van der Waals surface area contributed by atoms with E-state index in [2.05, 4.69) is 5.32 Å². The summed E-state index contributed by atoms with van der Waals surface area (Å²) in [4.78, 5) is 25.7. The van der Waals surface area contributed by atoms with Crippen LogP contribution >= 0.6 is 0 Å². The Kier molecular flexibility index (Phi) is 3.88. The van der Waals surface area contributed by atoms with E-state index in [9.17, 15) is 9.59 Å². The smallest absolute Gasteiger partial charge is 0.254 e. The van der Waals surface area contributed by atoms with Gasteiger partial charge in [-0.25, -0.2) is 0 Å². The fraction of sp³-hybridized carbons (Fsp3) is 0.467. The second-order valence-electron chi connectivity index (χ2n) is 5.17. The summed E-state index contributed by atoms with van der Waals surface area (Å²) in [6.45, 7) is 7.58. The molecule has 4 heteroatoms. The Morgan fingerprint density at radius 3 is 2.42 bits per heavy atom. The predicted molar refractivity (Wildman–Crippen MR) is 74.2 cm³/mol. The van der Waals surface area contributed by atoms with Gasteiger partial charge in [-0.1, -0.05) is 17.7 Å². The lowest BCUT2D eigenvalue weighted by molar-refractivity contribution is -0.120. The number of rotatable bonds is 1. The summed E-state index contributed by atoms with van der Waals surface area (Å²) in [6, 6.07) is 4.06. The Bertz CT molecular complexity index is 500. The Balaban J connectivity index is 2.26. The van der Waals surface area contributed by atoms with Gasteiger partial charge in [-0.05, 0) is 31.9 Å². The van der Waals surface area contributed by atoms with Crippen LogP contribution in [0.3, 0.4) is 0 Å². The van der Waals surface area contributed by atoms with Crippen LogP contribution in [0.1, 0.15) is 33.5 Å². The summed E-state index contributed by atoms with van der Waals surface area (Å²) >= 11 is 0. The zero-order chi connectivity index (χ0) is 14.0. The molecule has 4 nitrogen and oxygen atoms in total. The minimum Gasteiger partial charge on any atom is -0.354 e. The molecule has 1 aliphatic heterocycles. The maximum absolute atomic E-state index is 12.6. The highest BCUT2D eigenvalue weighted by molar-refractivity contribution is 5.97. The number of nitrogens with one attached hydrogen (secondary N) is 1. The van der Waals surface area contributed by atoms with Gasteiger partial charge >= 0.3 is 0 Å². The van der Waals surface area contributed by atoms with E-state index in [0.29, 0.717) is 26.1 Å². The molecule has 1 N–H and O–H groups in total. The van der Waals surface area contributed by atoms with E-state index >= 15 is 0 Å². The Morgan fingerprint density at radius 1 is 1.16 bits per heavy atom. The van der Waals surface area contributed by atoms with Crippen LogP contribution in [-0.4, -0.2) is 36.3 Å². The number of aryl methyl sites for hydroxylation is 3. The van der Waals surface area contributed by atoms with Crippen LogP contribution < -0.4 is 5.32 Å². The third-order valence-corrected chi connectivity index (χ3v) is 3.49. The third kappa shape index (κ3) is 2.95. The van der Waals surface area contributed by atoms with Crippen molar-refractivity contribution in [1.82, 2.24) is 10.2 Å². The van der Waals surface area contributed by atoms with E-state index < -0.39 is 0 Å². The molecule has 0 aliphatic carbocycles. The zero-order valence-corrected chi connectivity index (χ0v) is 11.7. The Hall–Kier alpha value is -1.84. The molecule has 1 aromatic rings. The summed E-state index contributed by atoms with van der Waals surface area (Å²) < 4.78 is 0. The van der Waals surface area contributed by atoms with E-state index in [1.165, 1.54) is 5.56 Å². The average Bonchev–Trinajstić information content (AvgIpc) is 2.52. The van der Waals surface area contributed by atoms with Gasteiger partial charge in [0.2, 0.25) is 5.91 Å². The van der Waals surface area contributed by atoms with Crippen molar-refractivity contribution in [3.8, 4) is 0 Å². The van der Waals surface area contributed by atoms with Crippen molar-refractivity contribution >= 4 is 11.8 Å². The summed E-state index contributed by atoms with van der Waals surface area (Å²) in [5, 5.41) is 2.79. The number of carbonyl (C=O) groups is 2. The highest BCUT2D eigenvalue weighted by Gasteiger charge is 2.22. The molecule has 1 saturated heterocycles. The first kappa shape index (κ1) is 13.6. The van der Waals surface area contributed by atoms with Crippen molar-refractivity contribution in [2.24, 2.45) is 0 Å². The quantitative estimate of drug-likeness (QED) is 0.833. The predicted octanol–water partition coefficient (Wildman–Crippen LogP) is 1.57. The molecular formula is C15H20N2O2. The van der Waals surface area contributed by atoms with Crippen molar-refractivity contribution in [2.75, 3.05) is 19.6 Å². The summed E-state index contributed by atoms with van der Waals surface area (Å²) in [7, 11) is 0. The monoisotopic (exact) mass is 260 g/mol. The molecule has 1 aliphatic rings. The maximum atomic E-state index is 12.6. The first-order valence-electron chi connectivity index (χ1n) is 6.63. The van der Waals surface area contributed by atoms with Crippen molar-refractivity contribution in [1.29, 1.82) is 0 Å². The van der Waals surface area contributed by atoms with Gasteiger partial charge in [0.05, 0.1) is 0 Å². The first-order chi connectivity index (χ1) is 8.99. The number of carbonyl (C=O) groups excluding carboxylic acids is 2. The second-order valence-corrected chi connectivity index (χ2v) is 5.17. The molecule has 1 fully saturated rings. The number of nitrogens with zero attached hydrogens (tertiary/aromatic N) is 1. The molecule has 102 valence electrons. The van der Waals surface area contributed by atoms with Crippen molar-refractivity contribution in [3.63, 3.8) is 0 Å². The molecular weight excluding hydrogens is 240 g/mol. The Labute approximate surface area is 113 Å². The molecule has 19 heavy (non-hydrogen) atoms. The standard InChI is InChI=1S/C15H20N2O2/c1-10-8-11(2)14(12(3)9-10)15(19)17-6-4-13(18)16-5-7-17/h8-9H,4-7H2,1-3H3,(H,16,18). The van der Waals surface area contributed by atoms with E-state index in [1.54, 1.807) is 4.90 Å². The average molecular weight is 260 g/mol. The van der Waals surface area contributed by atoms with Gasteiger partial charge in [0.1, 0.15) is 0 Å². The molecule has 2 amide bonds. The lowest BCUT2D eigenvalue weighted by Crippen LogP contribution is -2.35. The van der Waals surface area contributed by atoms with E-state index in [4.69, 9.17) is 0 Å². The molecule has 0 atom stereocenters. The molecule has 0 radical (unpaired) electrons. The van der Waals surface area contributed by atoms with Crippen molar-refractivity contribution in [3.05, 3.63) is 34.4 Å². The van der Waals surface area contributed by atoms with Crippen LogP contribution in [0.15, 0.2) is 12.1 Å². The lowest BCUT2D eigenvalue weighted by atomic mass is 9.98. The van der Waals surface area contributed by atoms with Crippen LogP contribution in [-0.2, 0) is 4.79 Å². The number of hydrogen-bond acceptors (Lipinski definition) is 2. The summed E-state index contributed by atoms with van der Waals surface area (Å²) in [5.41, 5.74) is 3.95. The van der Waals surface area contributed by atoms with Gasteiger partial charge in [-0.3, -0.25) is 9.59 Å². The van der Waals surface area contributed by atoms with Gasteiger partial charge in [0.25, 0.3) is 5.91 Å². The molecule has 0 bridgehead atoms. The molecule has 0 saturated carbocycles. The molecule has 1 aromatic carbocycles. The van der Waals surface area contributed by atoms with Crippen LogP contribution in [0.5, 0.6) is 0 Å². The third-order valence-electron chi connectivity index (χ3n) is 3.49. The maximum Gasteiger partial charge on any atom is 0.254 e. The largest absolute Gasteiger partial charge is 0.354 e.